The molecule has 0 aromatic carbocycles. The molecule has 0 aromatic rings. The number of ether oxygens (including phenoxy) is 1. The Kier molecular flexibility index (Phi) is 7.75. The van der Waals surface area contributed by atoms with Gasteiger partial charge in [0.05, 0.1) is 12.7 Å². The zero-order chi connectivity index (χ0) is 13.4. The minimum atomic E-state index is 0.260. The Morgan fingerprint density at radius 3 is 2.94 bits per heavy atom. The smallest absolute Gasteiger partial charge is 0.223 e. The van der Waals surface area contributed by atoms with Crippen LogP contribution in [0.2, 0.25) is 0 Å². The van der Waals surface area contributed by atoms with Gasteiger partial charge in [-0.3, -0.25) is 4.79 Å². The highest BCUT2D eigenvalue weighted by molar-refractivity contribution is 7.98. The molecule has 106 valence electrons. The summed E-state index contributed by atoms with van der Waals surface area (Å²) in [6.07, 6.45) is 6.51. The van der Waals surface area contributed by atoms with Crippen molar-refractivity contribution in [2.45, 2.75) is 45.6 Å². The van der Waals surface area contributed by atoms with Gasteiger partial charge in [0.2, 0.25) is 5.91 Å². The van der Waals surface area contributed by atoms with Gasteiger partial charge in [-0.25, -0.2) is 0 Å². The van der Waals surface area contributed by atoms with E-state index in [-0.39, 0.29) is 6.10 Å². The van der Waals surface area contributed by atoms with Crippen LogP contribution in [0.3, 0.4) is 0 Å². The molecule has 3 nitrogen and oxygen atoms in total. The highest BCUT2D eigenvalue weighted by Crippen LogP contribution is 2.15. The van der Waals surface area contributed by atoms with Crippen LogP contribution in [0.25, 0.3) is 0 Å². The molecule has 0 radical (unpaired) electrons. The quantitative estimate of drug-likeness (QED) is 0.714. The van der Waals surface area contributed by atoms with E-state index in [0.29, 0.717) is 18.9 Å². The Morgan fingerprint density at radius 2 is 2.28 bits per heavy atom. The van der Waals surface area contributed by atoms with Crippen molar-refractivity contribution in [1.82, 2.24) is 4.90 Å². The number of carbonyl (C=O) groups is 1. The number of nitrogens with zero attached hydrogens (tertiary/aromatic N) is 1. The van der Waals surface area contributed by atoms with Gasteiger partial charge in [-0.2, -0.15) is 11.8 Å². The molecule has 0 N–H and O–H groups in total. The van der Waals surface area contributed by atoms with Gasteiger partial charge in [-0.1, -0.05) is 26.7 Å². The molecule has 1 amide bonds. The van der Waals surface area contributed by atoms with Crippen molar-refractivity contribution >= 4 is 17.7 Å². The molecular formula is C14H27NO2S. The Bertz CT molecular complexity index is 246. The first kappa shape index (κ1) is 15.8. The fourth-order valence-corrected chi connectivity index (χ4v) is 2.60. The van der Waals surface area contributed by atoms with Gasteiger partial charge in [0.1, 0.15) is 0 Å². The number of amides is 1. The van der Waals surface area contributed by atoms with E-state index in [9.17, 15) is 4.79 Å². The van der Waals surface area contributed by atoms with Gasteiger partial charge < -0.3 is 9.64 Å². The highest BCUT2D eigenvalue weighted by Gasteiger charge is 2.23. The monoisotopic (exact) mass is 273 g/mol. The molecule has 0 aromatic heterocycles. The molecule has 1 atom stereocenters. The SMILES string of the molecule is CSCCC(=O)N1CCO[C@H](CCCC(C)C)C1. The average Bonchev–Trinajstić information content (AvgIpc) is 2.36. The van der Waals surface area contributed by atoms with Crippen molar-refractivity contribution in [2.75, 3.05) is 31.7 Å². The molecule has 18 heavy (non-hydrogen) atoms. The van der Waals surface area contributed by atoms with Crippen LogP contribution in [0.15, 0.2) is 0 Å². The van der Waals surface area contributed by atoms with E-state index in [1.54, 1.807) is 11.8 Å². The van der Waals surface area contributed by atoms with Crippen molar-refractivity contribution in [2.24, 2.45) is 5.92 Å². The highest BCUT2D eigenvalue weighted by atomic mass is 32.2. The molecule has 1 heterocycles. The summed E-state index contributed by atoms with van der Waals surface area (Å²) in [5.74, 6) is 1.98. The lowest BCUT2D eigenvalue weighted by atomic mass is 10.0. The molecule has 0 saturated carbocycles. The van der Waals surface area contributed by atoms with Crippen LogP contribution < -0.4 is 0 Å². The summed E-state index contributed by atoms with van der Waals surface area (Å²) in [5.41, 5.74) is 0. The van der Waals surface area contributed by atoms with Crippen LogP contribution in [-0.4, -0.2) is 48.6 Å². The zero-order valence-electron chi connectivity index (χ0n) is 12.0. The van der Waals surface area contributed by atoms with E-state index in [2.05, 4.69) is 13.8 Å². The van der Waals surface area contributed by atoms with E-state index >= 15 is 0 Å². The molecule has 1 fully saturated rings. The summed E-state index contributed by atoms with van der Waals surface area (Å²) in [7, 11) is 0. The summed E-state index contributed by atoms with van der Waals surface area (Å²) in [6, 6.07) is 0. The number of hydrogen-bond acceptors (Lipinski definition) is 3. The third-order valence-electron chi connectivity index (χ3n) is 3.32. The second-order valence-corrected chi connectivity index (χ2v) is 6.39. The first-order valence-electron chi connectivity index (χ1n) is 7.01. The largest absolute Gasteiger partial charge is 0.375 e. The van der Waals surface area contributed by atoms with Crippen LogP contribution in [-0.2, 0) is 9.53 Å². The summed E-state index contributed by atoms with van der Waals surface area (Å²) >= 11 is 1.73. The third-order valence-corrected chi connectivity index (χ3v) is 3.93. The van der Waals surface area contributed by atoms with Gasteiger partial charge in [0.25, 0.3) is 0 Å². The number of rotatable bonds is 7. The van der Waals surface area contributed by atoms with Crippen molar-refractivity contribution in [3.63, 3.8) is 0 Å². The first-order chi connectivity index (χ1) is 8.63. The Hall–Kier alpha value is -0.220. The normalized spacial score (nSPS) is 20.4. The molecule has 1 aliphatic rings. The van der Waals surface area contributed by atoms with E-state index in [1.165, 1.54) is 12.8 Å². The molecule has 1 saturated heterocycles. The lowest BCUT2D eigenvalue weighted by Crippen LogP contribution is -2.45. The molecule has 1 rings (SSSR count). The van der Waals surface area contributed by atoms with Crippen molar-refractivity contribution in [3.8, 4) is 0 Å². The zero-order valence-corrected chi connectivity index (χ0v) is 12.8. The number of hydrogen-bond donors (Lipinski definition) is 0. The molecule has 4 heteroatoms. The van der Waals surface area contributed by atoms with Crippen LogP contribution in [0.5, 0.6) is 0 Å². The summed E-state index contributed by atoms with van der Waals surface area (Å²) in [6.45, 7) is 6.77. The summed E-state index contributed by atoms with van der Waals surface area (Å²) in [4.78, 5) is 13.9. The topological polar surface area (TPSA) is 29.5 Å². The Balaban J connectivity index is 2.25. The van der Waals surface area contributed by atoms with E-state index in [0.717, 1.165) is 31.2 Å². The van der Waals surface area contributed by atoms with Gasteiger partial charge in [-0.15, -0.1) is 0 Å². The van der Waals surface area contributed by atoms with Gasteiger partial charge in [0.15, 0.2) is 0 Å². The molecule has 0 bridgehead atoms. The van der Waals surface area contributed by atoms with Gasteiger partial charge in [0, 0.05) is 25.3 Å². The first-order valence-corrected chi connectivity index (χ1v) is 8.41. The van der Waals surface area contributed by atoms with Gasteiger partial charge >= 0.3 is 0 Å². The predicted octanol–water partition coefficient (Wildman–Crippen LogP) is 2.79. The Labute approximate surface area is 116 Å². The molecule has 0 unspecified atom stereocenters. The standard InChI is InChI=1S/C14H27NO2S/c1-12(2)5-4-6-13-11-15(8-9-17-13)14(16)7-10-18-3/h12-13H,4-11H2,1-3H3/t13-/m1/s1. The van der Waals surface area contributed by atoms with E-state index in [4.69, 9.17) is 4.74 Å². The second-order valence-electron chi connectivity index (χ2n) is 5.40. The molecule has 0 aliphatic carbocycles. The molecule has 1 aliphatic heterocycles. The summed E-state index contributed by atoms with van der Waals surface area (Å²) < 4.78 is 5.75. The molecular weight excluding hydrogens is 246 g/mol. The van der Waals surface area contributed by atoms with E-state index in [1.807, 2.05) is 11.2 Å². The van der Waals surface area contributed by atoms with Crippen LogP contribution >= 0.6 is 11.8 Å². The second kappa shape index (κ2) is 8.81. The minimum absolute atomic E-state index is 0.260. The van der Waals surface area contributed by atoms with Crippen LogP contribution in [0.1, 0.15) is 39.5 Å². The summed E-state index contributed by atoms with van der Waals surface area (Å²) in [5, 5.41) is 0. The predicted molar refractivity (Wildman–Crippen MR) is 78.0 cm³/mol. The molecule has 0 spiro atoms. The maximum atomic E-state index is 11.9. The average molecular weight is 273 g/mol. The number of carbonyl (C=O) groups excluding carboxylic acids is 1. The van der Waals surface area contributed by atoms with Crippen LogP contribution in [0.4, 0.5) is 0 Å². The number of thioether (sulfide) groups is 1. The third kappa shape index (κ3) is 6.10. The lowest BCUT2D eigenvalue weighted by molar-refractivity contribution is -0.138. The number of morpholine rings is 1. The Morgan fingerprint density at radius 1 is 1.50 bits per heavy atom. The van der Waals surface area contributed by atoms with Gasteiger partial charge in [-0.05, 0) is 18.6 Å². The lowest BCUT2D eigenvalue weighted by Gasteiger charge is -2.33. The van der Waals surface area contributed by atoms with Crippen molar-refractivity contribution < 1.29 is 9.53 Å². The van der Waals surface area contributed by atoms with Crippen molar-refractivity contribution in [1.29, 1.82) is 0 Å². The maximum Gasteiger partial charge on any atom is 0.223 e. The fourth-order valence-electron chi connectivity index (χ4n) is 2.22. The van der Waals surface area contributed by atoms with E-state index < -0.39 is 0 Å². The van der Waals surface area contributed by atoms with Crippen molar-refractivity contribution in [3.05, 3.63) is 0 Å². The maximum absolute atomic E-state index is 11.9. The fraction of sp³-hybridized carbons (Fsp3) is 0.929. The van der Waals surface area contributed by atoms with Crippen LogP contribution in [0, 0.1) is 5.92 Å². The minimum Gasteiger partial charge on any atom is -0.375 e.